The number of benzene rings is 2. The number of hydrogen-bond donors (Lipinski definition) is 1. The van der Waals surface area contributed by atoms with Crippen LogP contribution < -0.4 is 15.0 Å². The summed E-state index contributed by atoms with van der Waals surface area (Å²) in [5, 5.41) is 14.0. The van der Waals surface area contributed by atoms with E-state index in [9.17, 15) is 4.79 Å². The number of ether oxygens (including phenoxy) is 3. The molecule has 2 aromatic carbocycles. The smallest absolute Gasteiger partial charge is 0.252 e. The van der Waals surface area contributed by atoms with Crippen molar-refractivity contribution in [2.75, 3.05) is 13.4 Å². The van der Waals surface area contributed by atoms with Crippen LogP contribution in [0.1, 0.15) is 66.7 Å². The van der Waals surface area contributed by atoms with Gasteiger partial charge in [-0.2, -0.15) is 0 Å². The minimum absolute atomic E-state index is 0.0793. The van der Waals surface area contributed by atoms with Crippen LogP contribution in [0.3, 0.4) is 0 Å². The first-order valence-electron chi connectivity index (χ1n) is 14.1. The lowest BCUT2D eigenvalue weighted by Crippen LogP contribution is -2.33. The van der Waals surface area contributed by atoms with Gasteiger partial charge in [0.15, 0.2) is 17.3 Å². The van der Waals surface area contributed by atoms with E-state index in [-0.39, 0.29) is 24.5 Å². The maximum Gasteiger partial charge on any atom is 0.252 e. The Labute approximate surface area is 233 Å². The summed E-state index contributed by atoms with van der Waals surface area (Å²) < 4.78 is 19.0. The van der Waals surface area contributed by atoms with Gasteiger partial charge in [0.1, 0.15) is 0 Å². The Hall–Kier alpha value is -3.76. The molecule has 1 N–H and O–H groups in total. The third-order valence-electron chi connectivity index (χ3n) is 7.83. The van der Waals surface area contributed by atoms with E-state index >= 15 is 0 Å². The van der Waals surface area contributed by atoms with Crippen molar-refractivity contribution >= 4 is 10.9 Å². The third kappa shape index (κ3) is 5.46. The molecule has 1 saturated heterocycles. The quantitative estimate of drug-likeness (QED) is 0.309. The van der Waals surface area contributed by atoms with Crippen molar-refractivity contribution in [3.63, 3.8) is 0 Å². The van der Waals surface area contributed by atoms with Crippen LogP contribution in [-0.4, -0.2) is 49.6 Å². The molecule has 0 saturated carbocycles. The molecule has 0 unspecified atom stereocenters. The number of aromatic amines is 1. The van der Waals surface area contributed by atoms with Gasteiger partial charge in [-0.3, -0.25) is 9.69 Å². The van der Waals surface area contributed by atoms with Crippen molar-refractivity contribution in [3.05, 3.63) is 74.8 Å². The highest BCUT2D eigenvalue weighted by molar-refractivity contribution is 5.82. The molecule has 0 aliphatic carbocycles. The van der Waals surface area contributed by atoms with Crippen molar-refractivity contribution < 1.29 is 14.2 Å². The molecule has 4 heterocycles. The molecule has 40 heavy (non-hydrogen) atoms. The van der Waals surface area contributed by atoms with Crippen LogP contribution in [0, 0.1) is 13.8 Å². The van der Waals surface area contributed by atoms with Gasteiger partial charge in [-0.1, -0.05) is 31.0 Å². The van der Waals surface area contributed by atoms with E-state index in [1.54, 1.807) is 0 Å². The molecule has 2 aromatic heterocycles. The largest absolute Gasteiger partial charge is 0.454 e. The van der Waals surface area contributed by atoms with Crippen molar-refractivity contribution in [3.8, 4) is 11.5 Å². The fraction of sp³-hybridized carbons (Fsp3) is 0.467. The molecule has 2 aliphatic rings. The molecule has 2 atom stereocenters. The maximum absolute atomic E-state index is 13.4. The van der Waals surface area contributed by atoms with E-state index in [1.807, 2.05) is 29.8 Å². The number of tetrazole rings is 1. The van der Waals surface area contributed by atoms with E-state index in [0.29, 0.717) is 25.2 Å². The summed E-state index contributed by atoms with van der Waals surface area (Å²) in [6, 6.07) is 12.1. The Balaban J connectivity index is 1.38. The molecule has 0 spiro atoms. The molecule has 6 rings (SSSR count). The summed E-state index contributed by atoms with van der Waals surface area (Å²) in [5.74, 6) is 2.28. The molecule has 0 radical (unpaired) electrons. The van der Waals surface area contributed by atoms with E-state index in [1.165, 1.54) is 0 Å². The van der Waals surface area contributed by atoms with Gasteiger partial charge in [-0.25, -0.2) is 4.68 Å². The number of H-pyrrole nitrogens is 1. The van der Waals surface area contributed by atoms with Crippen LogP contribution in [0.25, 0.3) is 10.9 Å². The Morgan fingerprint density at radius 3 is 2.83 bits per heavy atom. The van der Waals surface area contributed by atoms with Crippen LogP contribution in [0.5, 0.6) is 11.5 Å². The second-order valence-electron chi connectivity index (χ2n) is 10.9. The normalized spacial score (nSPS) is 17.2. The maximum atomic E-state index is 13.4. The van der Waals surface area contributed by atoms with Gasteiger partial charge in [0.05, 0.1) is 24.2 Å². The monoisotopic (exact) mass is 544 g/mol. The summed E-state index contributed by atoms with van der Waals surface area (Å²) in [5.41, 5.74) is 4.80. The Bertz CT molecular complexity index is 1560. The zero-order valence-electron chi connectivity index (χ0n) is 23.4. The zero-order valence-corrected chi connectivity index (χ0v) is 23.4. The minimum atomic E-state index is -0.110. The van der Waals surface area contributed by atoms with E-state index in [0.717, 1.165) is 77.2 Å². The molecule has 210 valence electrons. The summed E-state index contributed by atoms with van der Waals surface area (Å²) in [4.78, 5) is 18.8. The number of fused-ring (bicyclic) bond motifs is 2. The summed E-state index contributed by atoms with van der Waals surface area (Å²) >= 11 is 0. The van der Waals surface area contributed by atoms with Gasteiger partial charge in [-0.15, -0.1) is 5.10 Å². The Kier molecular flexibility index (Phi) is 7.53. The lowest BCUT2D eigenvalue weighted by molar-refractivity contribution is 0.0885. The van der Waals surface area contributed by atoms with Crippen LogP contribution >= 0.6 is 0 Å². The first kappa shape index (κ1) is 26.5. The Morgan fingerprint density at radius 1 is 1.12 bits per heavy atom. The fourth-order valence-corrected chi connectivity index (χ4v) is 5.93. The first-order valence-corrected chi connectivity index (χ1v) is 14.1. The number of aromatic nitrogens is 5. The zero-order chi connectivity index (χ0) is 27.6. The topological polar surface area (TPSA) is 107 Å². The number of hydrogen-bond acceptors (Lipinski definition) is 8. The number of aryl methyl sites for hydroxylation is 2. The highest BCUT2D eigenvalue weighted by atomic mass is 16.7. The summed E-state index contributed by atoms with van der Waals surface area (Å²) in [7, 11) is 0. The number of nitrogens with zero attached hydrogens (tertiary/aromatic N) is 5. The standard InChI is InChI=1S/C30H36N6O4/c1-4-6-25(29-32-33-34-36(29)17-24-7-5-10-38-24)35(15-21-8-9-26-27(13-21)40-18-39-26)16-23-14-22-12-19(2)11-20(3)28(22)31-30(23)37/h8-9,11-14,24-25H,4-7,10,15-18H2,1-3H3,(H,31,37)/t24-,25-/m0/s1. The van der Waals surface area contributed by atoms with Crippen molar-refractivity contribution in [1.82, 2.24) is 30.1 Å². The Morgan fingerprint density at radius 2 is 2.00 bits per heavy atom. The van der Waals surface area contributed by atoms with Crippen molar-refractivity contribution in [1.29, 1.82) is 0 Å². The molecular weight excluding hydrogens is 508 g/mol. The molecule has 0 amide bonds. The highest BCUT2D eigenvalue weighted by Crippen LogP contribution is 2.35. The van der Waals surface area contributed by atoms with Crippen molar-refractivity contribution in [2.45, 2.75) is 78.2 Å². The first-order chi connectivity index (χ1) is 19.5. The van der Waals surface area contributed by atoms with Gasteiger partial charge in [0.2, 0.25) is 6.79 Å². The SMILES string of the molecule is CCC[C@@H](c1nnnn1C[C@@H]1CCCO1)N(Cc1ccc2c(c1)OCO2)Cc1cc2cc(C)cc(C)c2[nH]c1=O. The number of nitrogens with one attached hydrogen (secondary N) is 1. The predicted octanol–water partition coefficient (Wildman–Crippen LogP) is 4.58. The lowest BCUT2D eigenvalue weighted by Gasteiger charge is -2.31. The molecule has 1 fully saturated rings. The third-order valence-corrected chi connectivity index (χ3v) is 7.83. The van der Waals surface area contributed by atoms with Crippen LogP contribution in [-0.2, 0) is 24.4 Å². The van der Waals surface area contributed by atoms with Crippen molar-refractivity contribution in [2.24, 2.45) is 0 Å². The fourth-order valence-electron chi connectivity index (χ4n) is 5.93. The molecule has 10 heteroatoms. The van der Waals surface area contributed by atoms with E-state index in [2.05, 4.69) is 57.5 Å². The van der Waals surface area contributed by atoms with E-state index in [4.69, 9.17) is 14.2 Å². The molecule has 0 bridgehead atoms. The van der Waals surface area contributed by atoms with Gasteiger partial charge >= 0.3 is 0 Å². The van der Waals surface area contributed by atoms with Gasteiger partial charge in [0, 0.05) is 25.3 Å². The molecule has 4 aromatic rings. The van der Waals surface area contributed by atoms with Crippen LogP contribution in [0.2, 0.25) is 0 Å². The molecule has 2 aliphatic heterocycles. The van der Waals surface area contributed by atoms with Crippen LogP contribution in [0.15, 0.2) is 41.2 Å². The van der Waals surface area contributed by atoms with Crippen LogP contribution in [0.4, 0.5) is 0 Å². The van der Waals surface area contributed by atoms with E-state index < -0.39 is 0 Å². The highest BCUT2D eigenvalue weighted by Gasteiger charge is 2.29. The average Bonchev–Trinajstić information content (AvgIpc) is 3.71. The second kappa shape index (κ2) is 11.4. The summed E-state index contributed by atoms with van der Waals surface area (Å²) in [6.45, 7) is 8.91. The minimum Gasteiger partial charge on any atom is -0.454 e. The lowest BCUT2D eigenvalue weighted by atomic mass is 10.0. The number of pyridine rings is 1. The average molecular weight is 545 g/mol. The van der Waals surface area contributed by atoms with Gasteiger partial charge < -0.3 is 19.2 Å². The number of rotatable bonds is 10. The molecule has 10 nitrogen and oxygen atoms in total. The predicted molar refractivity (Wildman–Crippen MR) is 150 cm³/mol. The molecular formula is C30H36N6O4. The second-order valence-corrected chi connectivity index (χ2v) is 10.9. The van der Waals surface area contributed by atoms with Gasteiger partial charge in [-0.05, 0) is 84.3 Å². The van der Waals surface area contributed by atoms with Gasteiger partial charge in [0.25, 0.3) is 5.56 Å². The summed E-state index contributed by atoms with van der Waals surface area (Å²) in [6.07, 6.45) is 3.94.